The highest BCUT2D eigenvalue weighted by Gasteiger charge is 2.08. The molecular weight excluding hydrogens is 196 g/mol. The monoisotopic (exact) mass is 220 g/mol. The maximum absolute atomic E-state index is 6.15. The van der Waals surface area contributed by atoms with Crippen molar-refractivity contribution >= 4 is 0 Å². The molecule has 0 spiro atoms. The fraction of sp³-hybridized carbons (Fsp3) is 0.571. The van der Waals surface area contributed by atoms with Crippen LogP contribution in [0.25, 0.3) is 0 Å². The van der Waals surface area contributed by atoms with E-state index in [9.17, 15) is 0 Å². The second kappa shape index (κ2) is 6.02. The molecule has 0 aliphatic carbocycles. The van der Waals surface area contributed by atoms with Crippen molar-refractivity contribution in [3.05, 3.63) is 35.4 Å². The molecule has 0 radical (unpaired) electrons. The van der Waals surface area contributed by atoms with Crippen LogP contribution in [0.15, 0.2) is 24.3 Å². The summed E-state index contributed by atoms with van der Waals surface area (Å²) in [5.74, 6) is 0.695. The Hall–Kier alpha value is -0.860. The van der Waals surface area contributed by atoms with Gasteiger partial charge in [-0.15, -0.1) is 0 Å². The van der Waals surface area contributed by atoms with Crippen LogP contribution in [0.3, 0.4) is 0 Å². The van der Waals surface area contributed by atoms with Crippen molar-refractivity contribution in [2.24, 2.45) is 11.7 Å². The Bertz CT molecular complexity index is 318. The van der Waals surface area contributed by atoms with Gasteiger partial charge in [-0.05, 0) is 37.6 Å². The van der Waals surface area contributed by atoms with Crippen molar-refractivity contribution in [3.63, 3.8) is 0 Å². The van der Waals surface area contributed by atoms with Crippen LogP contribution in [-0.4, -0.2) is 25.5 Å². The summed E-state index contributed by atoms with van der Waals surface area (Å²) in [6, 6.07) is 8.78. The first-order valence-corrected chi connectivity index (χ1v) is 5.98. The minimum absolute atomic E-state index is 0.113. The first-order chi connectivity index (χ1) is 7.49. The molecule has 16 heavy (non-hydrogen) atoms. The maximum atomic E-state index is 6.15. The van der Waals surface area contributed by atoms with Crippen molar-refractivity contribution < 1.29 is 0 Å². The molecule has 90 valence electrons. The molecule has 0 saturated carbocycles. The van der Waals surface area contributed by atoms with Crippen molar-refractivity contribution in [2.75, 3.05) is 20.6 Å². The van der Waals surface area contributed by atoms with Gasteiger partial charge in [0, 0.05) is 12.6 Å². The molecular formula is C14H24N2. The average Bonchev–Trinajstić information content (AvgIpc) is 2.16. The third kappa shape index (κ3) is 4.33. The van der Waals surface area contributed by atoms with E-state index < -0.39 is 0 Å². The van der Waals surface area contributed by atoms with Crippen LogP contribution in [0.5, 0.6) is 0 Å². The molecule has 0 aliphatic rings. The smallest absolute Gasteiger partial charge is 0.0424 e. The van der Waals surface area contributed by atoms with Crippen molar-refractivity contribution in [3.8, 4) is 0 Å². The average molecular weight is 220 g/mol. The number of nitrogens with two attached hydrogens (primary N) is 1. The summed E-state index contributed by atoms with van der Waals surface area (Å²) in [5, 5.41) is 0. The van der Waals surface area contributed by atoms with Crippen LogP contribution in [0.4, 0.5) is 0 Å². The fourth-order valence-electron chi connectivity index (χ4n) is 1.92. The van der Waals surface area contributed by atoms with Crippen LogP contribution in [0, 0.1) is 5.92 Å². The minimum Gasteiger partial charge on any atom is -0.323 e. The van der Waals surface area contributed by atoms with Crippen LogP contribution < -0.4 is 5.73 Å². The maximum Gasteiger partial charge on any atom is 0.0424 e. The summed E-state index contributed by atoms with van der Waals surface area (Å²) < 4.78 is 0. The quantitative estimate of drug-likeness (QED) is 0.826. The summed E-state index contributed by atoms with van der Waals surface area (Å²) in [6.07, 6.45) is 1.13. The molecule has 1 atom stereocenters. The second-order valence-corrected chi connectivity index (χ2v) is 5.21. The molecule has 1 unspecified atom stereocenters. The van der Waals surface area contributed by atoms with Gasteiger partial charge in [-0.2, -0.15) is 0 Å². The van der Waals surface area contributed by atoms with E-state index in [4.69, 9.17) is 5.73 Å². The Labute approximate surface area is 99.5 Å². The lowest BCUT2D eigenvalue weighted by Crippen LogP contribution is -2.26. The van der Waals surface area contributed by atoms with Crippen molar-refractivity contribution in [1.29, 1.82) is 0 Å². The lowest BCUT2D eigenvalue weighted by atomic mass is 9.98. The Balaban J connectivity index is 2.73. The van der Waals surface area contributed by atoms with Gasteiger partial charge in [0.2, 0.25) is 0 Å². The molecule has 2 heteroatoms. The molecule has 0 aliphatic heterocycles. The predicted octanol–water partition coefficient (Wildman–Crippen LogP) is 2.45. The highest BCUT2D eigenvalue weighted by molar-refractivity contribution is 5.26. The summed E-state index contributed by atoms with van der Waals surface area (Å²) in [6.45, 7) is 5.38. The molecule has 1 aromatic carbocycles. The van der Waals surface area contributed by atoms with Gasteiger partial charge in [0.05, 0.1) is 0 Å². The van der Waals surface area contributed by atoms with Crippen LogP contribution >= 0.6 is 0 Å². The molecule has 1 aromatic rings. The highest BCUT2D eigenvalue weighted by Crippen LogP contribution is 2.15. The Morgan fingerprint density at radius 1 is 1.25 bits per heavy atom. The molecule has 0 saturated heterocycles. The molecule has 0 heterocycles. The van der Waals surface area contributed by atoms with Gasteiger partial charge in [0.15, 0.2) is 0 Å². The zero-order valence-electron chi connectivity index (χ0n) is 10.9. The van der Waals surface area contributed by atoms with E-state index >= 15 is 0 Å². The van der Waals surface area contributed by atoms with E-state index in [0.29, 0.717) is 5.92 Å². The van der Waals surface area contributed by atoms with Crippen LogP contribution in [0.2, 0.25) is 0 Å². The molecule has 0 fully saturated rings. The number of likely N-dealkylation sites (N-methyl/N-ethyl adjacent to an activating group) is 1. The van der Waals surface area contributed by atoms with Crippen molar-refractivity contribution in [2.45, 2.75) is 26.3 Å². The van der Waals surface area contributed by atoms with Crippen LogP contribution in [0.1, 0.15) is 31.0 Å². The van der Waals surface area contributed by atoms with Gasteiger partial charge in [0.25, 0.3) is 0 Å². The lowest BCUT2D eigenvalue weighted by molar-refractivity contribution is 0.376. The van der Waals surface area contributed by atoms with E-state index in [-0.39, 0.29) is 6.04 Å². The van der Waals surface area contributed by atoms with Crippen molar-refractivity contribution in [1.82, 2.24) is 4.90 Å². The van der Waals surface area contributed by atoms with Gasteiger partial charge in [-0.3, -0.25) is 0 Å². The van der Waals surface area contributed by atoms with E-state index in [1.54, 1.807) is 0 Å². The van der Waals surface area contributed by atoms with E-state index in [1.807, 2.05) is 0 Å². The SMILES string of the molecule is CC(C)Cc1cccc(C(N)CN(C)C)c1. The Kier molecular flexibility index (Phi) is 4.97. The molecule has 2 N–H and O–H groups in total. The van der Waals surface area contributed by atoms with Gasteiger partial charge in [0.1, 0.15) is 0 Å². The summed E-state index contributed by atoms with van der Waals surface area (Å²) in [7, 11) is 4.11. The largest absolute Gasteiger partial charge is 0.323 e. The lowest BCUT2D eigenvalue weighted by Gasteiger charge is -2.18. The summed E-state index contributed by atoms with van der Waals surface area (Å²) in [5.41, 5.74) is 8.79. The Morgan fingerprint density at radius 3 is 2.50 bits per heavy atom. The van der Waals surface area contributed by atoms with Gasteiger partial charge < -0.3 is 10.6 Å². The minimum atomic E-state index is 0.113. The third-order valence-electron chi connectivity index (χ3n) is 2.58. The third-order valence-corrected chi connectivity index (χ3v) is 2.58. The Morgan fingerprint density at radius 2 is 1.94 bits per heavy atom. The van der Waals surface area contributed by atoms with Gasteiger partial charge >= 0.3 is 0 Å². The second-order valence-electron chi connectivity index (χ2n) is 5.21. The number of nitrogens with zero attached hydrogens (tertiary/aromatic N) is 1. The first-order valence-electron chi connectivity index (χ1n) is 5.98. The normalized spacial score (nSPS) is 13.4. The number of benzene rings is 1. The fourth-order valence-corrected chi connectivity index (χ4v) is 1.92. The topological polar surface area (TPSA) is 29.3 Å². The molecule has 2 nitrogen and oxygen atoms in total. The highest BCUT2D eigenvalue weighted by atomic mass is 15.1. The molecule has 0 amide bonds. The van der Waals surface area contributed by atoms with E-state index in [2.05, 4.69) is 57.1 Å². The molecule has 0 bridgehead atoms. The molecule has 1 rings (SSSR count). The van der Waals surface area contributed by atoms with Gasteiger partial charge in [-0.25, -0.2) is 0 Å². The number of hydrogen-bond acceptors (Lipinski definition) is 2. The predicted molar refractivity (Wildman–Crippen MR) is 70.5 cm³/mol. The first kappa shape index (κ1) is 13.2. The zero-order valence-corrected chi connectivity index (χ0v) is 10.9. The standard InChI is InChI=1S/C14H24N2/c1-11(2)8-12-6-5-7-13(9-12)14(15)10-16(3)4/h5-7,9,11,14H,8,10,15H2,1-4H3. The summed E-state index contributed by atoms with van der Waals surface area (Å²) in [4.78, 5) is 2.12. The molecule has 0 aromatic heterocycles. The zero-order chi connectivity index (χ0) is 12.1. The van der Waals surface area contributed by atoms with E-state index in [0.717, 1.165) is 13.0 Å². The van der Waals surface area contributed by atoms with Gasteiger partial charge in [-0.1, -0.05) is 38.1 Å². The van der Waals surface area contributed by atoms with E-state index in [1.165, 1.54) is 11.1 Å². The number of rotatable bonds is 5. The summed E-state index contributed by atoms with van der Waals surface area (Å²) >= 11 is 0. The van der Waals surface area contributed by atoms with Crippen LogP contribution in [-0.2, 0) is 6.42 Å². The number of hydrogen-bond donors (Lipinski definition) is 1.